The number of rotatable bonds is 7. The summed E-state index contributed by atoms with van der Waals surface area (Å²) in [5, 5.41) is 0. The number of hydrogen-bond donors (Lipinski definition) is 0. The minimum absolute atomic E-state index is 0.0468. The Morgan fingerprint density at radius 3 is 2.83 bits per heavy atom. The lowest BCUT2D eigenvalue weighted by Crippen LogP contribution is -2.03. The van der Waals surface area contributed by atoms with Gasteiger partial charge in [-0.3, -0.25) is 4.79 Å². The van der Waals surface area contributed by atoms with Gasteiger partial charge in [-0.1, -0.05) is 31.5 Å². The second-order valence-corrected chi connectivity index (χ2v) is 6.74. The van der Waals surface area contributed by atoms with Gasteiger partial charge in [0.1, 0.15) is 5.75 Å². The number of ether oxygens (including phenoxy) is 1. The maximum absolute atomic E-state index is 12.4. The first-order chi connectivity index (χ1) is 11.0. The first-order valence-electron chi connectivity index (χ1n) is 7.05. The zero-order chi connectivity index (χ0) is 16.8. The fourth-order valence-electron chi connectivity index (χ4n) is 1.99. The number of carbonyl (C=O) groups excluding carboxylic acids is 1. The number of thiophene rings is 1. The Kier molecular flexibility index (Phi) is 6.47. The van der Waals surface area contributed by atoms with E-state index in [9.17, 15) is 13.6 Å². The first-order valence-corrected chi connectivity index (χ1v) is 8.66. The van der Waals surface area contributed by atoms with E-state index in [-0.39, 0.29) is 11.5 Å². The Morgan fingerprint density at radius 2 is 2.13 bits per heavy atom. The summed E-state index contributed by atoms with van der Waals surface area (Å²) in [6, 6.07) is 8.16. The number of halogens is 3. The lowest BCUT2D eigenvalue weighted by molar-refractivity contribution is -0.0499. The first kappa shape index (κ1) is 17.8. The van der Waals surface area contributed by atoms with Gasteiger partial charge in [0.2, 0.25) is 0 Å². The SMILES string of the molecule is CCCc1sc(C(=O)/C=C/c2ccccc2OC(F)F)cc1Br. The highest BCUT2D eigenvalue weighted by Crippen LogP contribution is 2.29. The van der Waals surface area contributed by atoms with Crippen molar-refractivity contribution in [2.75, 3.05) is 0 Å². The molecule has 6 heteroatoms. The Labute approximate surface area is 145 Å². The number of ketones is 1. The number of para-hydroxylation sites is 1. The minimum Gasteiger partial charge on any atom is -0.434 e. The summed E-state index contributed by atoms with van der Waals surface area (Å²) in [5.74, 6) is -0.115. The van der Waals surface area contributed by atoms with Crippen LogP contribution in [0.15, 0.2) is 40.9 Å². The van der Waals surface area contributed by atoms with Gasteiger partial charge in [-0.05, 0) is 46.6 Å². The van der Waals surface area contributed by atoms with Crippen molar-refractivity contribution >= 4 is 39.1 Å². The molecule has 0 spiro atoms. The largest absolute Gasteiger partial charge is 0.434 e. The summed E-state index contributed by atoms with van der Waals surface area (Å²) in [4.78, 5) is 14.0. The Balaban J connectivity index is 2.17. The van der Waals surface area contributed by atoms with Crippen LogP contribution in [0.25, 0.3) is 6.08 Å². The smallest absolute Gasteiger partial charge is 0.387 e. The van der Waals surface area contributed by atoms with Crippen molar-refractivity contribution in [2.24, 2.45) is 0 Å². The summed E-state index contributed by atoms with van der Waals surface area (Å²) in [6.45, 7) is -0.821. The number of alkyl halides is 2. The molecule has 0 aliphatic heterocycles. The van der Waals surface area contributed by atoms with Crippen molar-refractivity contribution in [3.63, 3.8) is 0 Å². The van der Waals surface area contributed by atoms with Crippen LogP contribution in [0.2, 0.25) is 0 Å². The van der Waals surface area contributed by atoms with Gasteiger partial charge < -0.3 is 4.74 Å². The molecule has 0 radical (unpaired) electrons. The molecule has 0 aliphatic carbocycles. The van der Waals surface area contributed by atoms with Crippen molar-refractivity contribution < 1.29 is 18.3 Å². The molecule has 0 N–H and O–H groups in total. The predicted octanol–water partition coefficient (Wildman–Crippen LogP) is 5.96. The van der Waals surface area contributed by atoms with Crippen LogP contribution in [-0.2, 0) is 6.42 Å². The standard InChI is InChI=1S/C17H15BrF2O2S/c1-2-5-15-12(18)10-16(23-15)13(21)9-8-11-6-3-4-7-14(11)22-17(19)20/h3-4,6-10,17H,2,5H2,1H3/b9-8+. The normalized spacial score (nSPS) is 11.3. The van der Waals surface area contributed by atoms with Crippen molar-refractivity contribution in [3.8, 4) is 5.75 Å². The molecule has 0 atom stereocenters. The van der Waals surface area contributed by atoms with Gasteiger partial charge in [-0.25, -0.2) is 0 Å². The van der Waals surface area contributed by atoms with Crippen LogP contribution in [0.5, 0.6) is 5.75 Å². The average Bonchev–Trinajstić information content (AvgIpc) is 2.87. The van der Waals surface area contributed by atoms with Crippen LogP contribution in [0.3, 0.4) is 0 Å². The van der Waals surface area contributed by atoms with Crippen molar-refractivity contribution in [2.45, 2.75) is 26.4 Å². The van der Waals surface area contributed by atoms with E-state index in [1.54, 1.807) is 24.3 Å². The van der Waals surface area contributed by atoms with Gasteiger partial charge in [0.25, 0.3) is 0 Å². The molecule has 0 fully saturated rings. The third-order valence-electron chi connectivity index (χ3n) is 3.03. The quantitative estimate of drug-likeness (QED) is 0.423. The van der Waals surface area contributed by atoms with E-state index in [1.165, 1.54) is 29.6 Å². The molecule has 2 aromatic rings. The van der Waals surface area contributed by atoms with E-state index in [0.29, 0.717) is 10.4 Å². The molecule has 122 valence electrons. The number of carbonyl (C=O) groups is 1. The topological polar surface area (TPSA) is 26.3 Å². The van der Waals surface area contributed by atoms with E-state index in [2.05, 4.69) is 27.6 Å². The minimum atomic E-state index is -2.90. The molecule has 0 unspecified atom stereocenters. The van der Waals surface area contributed by atoms with Gasteiger partial charge in [0, 0.05) is 14.9 Å². The summed E-state index contributed by atoms with van der Waals surface area (Å²) in [5.41, 5.74) is 0.436. The fourth-order valence-corrected chi connectivity index (χ4v) is 3.89. The van der Waals surface area contributed by atoms with Gasteiger partial charge in [0.05, 0.1) is 4.88 Å². The van der Waals surface area contributed by atoms with E-state index in [4.69, 9.17) is 0 Å². The van der Waals surface area contributed by atoms with Gasteiger partial charge in [-0.2, -0.15) is 8.78 Å². The summed E-state index contributed by atoms with van der Waals surface area (Å²) in [6.07, 6.45) is 4.78. The molecule has 23 heavy (non-hydrogen) atoms. The Morgan fingerprint density at radius 1 is 1.39 bits per heavy atom. The zero-order valence-electron chi connectivity index (χ0n) is 12.4. The second kappa shape index (κ2) is 8.36. The van der Waals surface area contributed by atoms with Crippen LogP contribution in [-0.4, -0.2) is 12.4 Å². The lowest BCUT2D eigenvalue weighted by Gasteiger charge is -2.06. The predicted molar refractivity (Wildman–Crippen MR) is 92.5 cm³/mol. The molecular weight excluding hydrogens is 386 g/mol. The summed E-state index contributed by atoms with van der Waals surface area (Å²) in [7, 11) is 0. The number of allylic oxidation sites excluding steroid dienone is 1. The van der Waals surface area contributed by atoms with E-state index < -0.39 is 6.61 Å². The highest BCUT2D eigenvalue weighted by Gasteiger charge is 2.12. The van der Waals surface area contributed by atoms with Gasteiger partial charge in [-0.15, -0.1) is 11.3 Å². The summed E-state index contributed by atoms with van der Waals surface area (Å²) >= 11 is 4.90. The molecule has 2 rings (SSSR count). The highest BCUT2D eigenvalue weighted by molar-refractivity contribution is 9.10. The maximum Gasteiger partial charge on any atom is 0.387 e. The van der Waals surface area contributed by atoms with Crippen LogP contribution in [0.1, 0.15) is 33.5 Å². The van der Waals surface area contributed by atoms with Crippen LogP contribution in [0.4, 0.5) is 8.78 Å². The van der Waals surface area contributed by atoms with Crippen molar-refractivity contribution in [3.05, 3.63) is 56.2 Å². The Hall–Kier alpha value is -1.53. The molecule has 0 bridgehead atoms. The molecule has 1 aromatic heterocycles. The second-order valence-electron chi connectivity index (χ2n) is 4.75. The zero-order valence-corrected chi connectivity index (χ0v) is 14.8. The maximum atomic E-state index is 12.4. The molecule has 0 saturated carbocycles. The molecule has 1 aromatic carbocycles. The number of aryl methyl sites for hydroxylation is 1. The average molecular weight is 401 g/mol. The molecule has 0 aliphatic rings. The van der Waals surface area contributed by atoms with Gasteiger partial charge >= 0.3 is 6.61 Å². The highest BCUT2D eigenvalue weighted by atomic mass is 79.9. The van der Waals surface area contributed by atoms with Crippen molar-refractivity contribution in [1.82, 2.24) is 0 Å². The van der Waals surface area contributed by atoms with E-state index in [1.807, 2.05) is 0 Å². The van der Waals surface area contributed by atoms with Crippen LogP contribution >= 0.6 is 27.3 Å². The monoisotopic (exact) mass is 400 g/mol. The Bertz CT molecular complexity index is 710. The molecule has 2 nitrogen and oxygen atoms in total. The summed E-state index contributed by atoms with van der Waals surface area (Å²) < 4.78 is 30.1. The lowest BCUT2D eigenvalue weighted by atomic mass is 10.1. The molecule has 0 amide bonds. The number of benzene rings is 1. The number of hydrogen-bond acceptors (Lipinski definition) is 3. The van der Waals surface area contributed by atoms with Gasteiger partial charge in [0.15, 0.2) is 5.78 Å². The molecule has 1 heterocycles. The molecule has 0 saturated heterocycles. The third kappa shape index (κ3) is 4.97. The van der Waals surface area contributed by atoms with Crippen molar-refractivity contribution in [1.29, 1.82) is 0 Å². The third-order valence-corrected chi connectivity index (χ3v) is 5.21. The van der Waals surface area contributed by atoms with E-state index in [0.717, 1.165) is 22.2 Å². The van der Waals surface area contributed by atoms with E-state index >= 15 is 0 Å². The van der Waals surface area contributed by atoms with Crippen LogP contribution in [0, 0.1) is 0 Å². The fraction of sp³-hybridized carbons (Fsp3) is 0.235. The molecular formula is C17H15BrF2O2S. The van der Waals surface area contributed by atoms with Crippen LogP contribution < -0.4 is 4.74 Å².